The number of hydrogen-bond donors (Lipinski definition) is 1. The molecule has 0 saturated heterocycles. The van der Waals surface area contributed by atoms with Crippen LogP contribution >= 0.6 is 15.9 Å². The molecule has 2 heterocycles. The van der Waals surface area contributed by atoms with Gasteiger partial charge in [-0.2, -0.15) is 5.10 Å². The lowest BCUT2D eigenvalue weighted by Gasteiger charge is -2.09. The van der Waals surface area contributed by atoms with Crippen molar-refractivity contribution in [2.24, 2.45) is 0 Å². The number of benzene rings is 1. The smallest absolute Gasteiger partial charge is 0.258 e. The molecule has 3 rings (SSSR count). The topological polar surface area (TPSA) is 59.8 Å². The summed E-state index contributed by atoms with van der Waals surface area (Å²) in [7, 11) is 0. The number of nitrogens with one attached hydrogen (secondary N) is 1. The Bertz CT molecular complexity index is 814. The Kier molecular flexibility index (Phi) is 4.02. The summed E-state index contributed by atoms with van der Waals surface area (Å²) in [4.78, 5) is 16.2. The van der Waals surface area contributed by atoms with Gasteiger partial charge in [0.05, 0.1) is 16.9 Å². The molecule has 0 aliphatic carbocycles. The molecule has 0 spiro atoms. The molecule has 0 saturated carbocycles. The Labute approximate surface area is 136 Å². The zero-order chi connectivity index (χ0) is 15.5. The molecular formula is C16H13BrN4O. The largest absolute Gasteiger partial charge is 0.306 e. The average molecular weight is 357 g/mol. The minimum absolute atomic E-state index is 0.218. The monoisotopic (exact) mass is 356 g/mol. The van der Waals surface area contributed by atoms with Crippen LogP contribution < -0.4 is 5.32 Å². The summed E-state index contributed by atoms with van der Waals surface area (Å²) in [6, 6.07) is 13.0. The van der Waals surface area contributed by atoms with E-state index < -0.39 is 0 Å². The molecule has 0 bridgehead atoms. The number of aromatic nitrogens is 3. The van der Waals surface area contributed by atoms with Crippen molar-refractivity contribution < 1.29 is 4.79 Å². The quantitative estimate of drug-likeness (QED) is 0.779. The lowest BCUT2D eigenvalue weighted by Crippen LogP contribution is -2.15. The van der Waals surface area contributed by atoms with E-state index >= 15 is 0 Å². The van der Waals surface area contributed by atoms with Gasteiger partial charge in [0.1, 0.15) is 5.82 Å². The normalized spacial score (nSPS) is 10.5. The molecule has 110 valence electrons. The maximum absolute atomic E-state index is 12.3. The van der Waals surface area contributed by atoms with Gasteiger partial charge in [0.25, 0.3) is 5.91 Å². The second kappa shape index (κ2) is 6.11. The van der Waals surface area contributed by atoms with Crippen LogP contribution in [0.15, 0.2) is 59.3 Å². The van der Waals surface area contributed by atoms with Crippen molar-refractivity contribution in [2.75, 3.05) is 5.32 Å². The summed E-state index contributed by atoms with van der Waals surface area (Å²) >= 11 is 3.44. The van der Waals surface area contributed by atoms with Crippen molar-refractivity contribution in [3.8, 4) is 5.69 Å². The number of carbonyl (C=O) groups excluding carboxylic acids is 1. The van der Waals surface area contributed by atoms with Gasteiger partial charge in [-0.3, -0.25) is 9.78 Å². The van der Waals surface area contributed by atoms with E-state index in [1.165, 1.54) is 6.20 Å². The van der Waals surface area contributed by atoms with Crippen molar-refractivity contribution in [2.45, 2.75) is 6.92 Å². The minimum Gasteiger partial charge on any atom is -0.306 e. The number of carbonyl (C=O) groups is 1. The molecule has 0 fully saturated rings. The van der Waals surface area contributed by atoms with Gasteiger partial charge in [-0.25, -0.2) is 4.68 Å². The molecule has 0 aliphatic rings. The highest BCUT2D eigenvalue weighted by Gasteiger charge is 2.12. The predicted octanol–water partition coefficient (Wildman–Crippen LogP) is 3.59. The fourth-order valence-corrected chi connectivity index (χ4v) is 2.47. The molecule has 0 atom stereocenters. The summed E-state index contributed by atoms with van der Waals surface area (Å²) in [6.07, 6.45) is 3.16. The Balaban J connectivity index is 1.94. The van der Waals surface area contributed by atoms with Gasteiger partial charge in [0.2, 0.25) is 0 Å². The van der Waals surface area contributed by atoms with Crippen LogP contribution in [0.2, 0.25) is 0 Å². The van der Waals surface area contributed by atoms with Gasteiger partial charge >= 0.3 is 0 Å². The number of hydrogen-bond acceptors (Lipinski definition) is 3. The number of aryl methyl sites for hydroxylation is 1. The van der Waals surface area contributed by atoms with E-state index in [4.69, 9.17) is 0 Å². The first-order valence-corrected chi connectivity index (χ1v) is 7.47. The summed E-state index contributed by atoms with van der Waals surface area (Å²) in [5, 5.41) is 7.31. The Hall–Kier alpha value is -2.47. The van der Waals surface area contributed by atoms with E-state index in [1.54, 1.807) is 23.0 Å². The second-order valence-electron chi connectivity index (χ2n) is 4.76. The molecule has 1 amide bonds. The van der Waals surface area contributed by atoms with E-state index in [1.807, 2.05) is 37.3 Å². The zero-order valence-electron chi connectivity index (χ0n) is 11.8. The third-order valence-corrected chi connectivity index (χ3v) is 3.54. The minimum atomic E-state index is -0.218. The second-order valence-corrected chi connectivity index (χ2v) is 5.67. The van der Waals surface area contributed by atoms with Crippen LogP contribution in [-0.4, -0.2) is 20.7 Å². The lowest BCUT2D eigenvalue weighted by atomic mass is 10.2. The molecule has 2 aromatic heterocycles. The third-order valence-electron chi connectivity index (χ3n) is 3.05. The highest BCUT2D eigenvalue weighted by molar-refractivity contribution is 9.10. The average Bonchev–Trinajstić information content (AvgIpc) is 2.89. The van der Waals surface area contributed by atoms with Crippen molar-refractivity contribution in [1.29, 1.82) is 0 Å². The van der Waals surface area contributed by atoms with Crippen LogP contribution in [0.4, 0.5) is 5.82 Å². The number of amides is 1. The van der Waals surface area contributed by atoms with Gasteiger partial charge in [-0.1, -0.05) is 22.0 Å². The van der Waals surface area contributed by atoms with Gasteiger partial charge in [0.15, 0.2) is 0 Å². The highest BCUT2D eigenvalue weighted by Crippen LogP contribution is 2.20. The number of nitrogens with zero attached hydrogens (tertiary/aromatic N) is 3. The molecule has 1 N–H and O–H groups in total. The van der Waals surface area contributed by atoms with Crippen LogP contribution in [-0.2, 0) is 0 Å². The first-order valence-electron chi connectivity index (χ1n) is 6.67. The van der Waals surface area contributed by atoms with Gasteiger partial charge < -0.3 is 5.32 Å². The van der Waals surface area contributed by atoms with E-state index in [0.717, 1.165) is 15.9 Å². The zero-order valence-corrected chi connectivity index (χ0v) is 13.4. The first-order chi connectivity index (χ1) is 10.6. The standard InChI is InChI=1S/C16H13BrN4O/c1-11-8-15(19-16(22)12-4-3-7-18-10-12)21(20-11)14-6-2-5-13(17)9-14/h2-10H,1H3,(H,19,22). The van der Waals surface area contributed by atoms with Crippen molar-refractivity contribution >= 4 is 27.7 Å². The molecule has 1 aromatic carbocycles. The molecule has 0 unspecified atom stereocenters. The molecule has 0 radical (unpaired) electrons. The summed E-state index contributed by atoms with van der Waals surface area (Å²) in [5.41, 5.74) is 2.19. The van der Waals surface area contributed by atoms with Gasteiger partial charge in [0, 0.05) is 22.9 Å². The predicted molar refractivity (Wildman–Crippen MR) is 88.2 cm³/mol. The Morgan fingerprint density at radius 2 is 2.09 bits per heavy atom. The van der Waals surface area contributed by atoms with E-state index in [9.17, 15) is 4.79 Å². The fraction of sp³-hybridized carbons (Fsp3) is 0.0625. The molecule has 0 aliphatic heterocycles. The van der Waals surface area contributed by atoms with E-state index in [2.05, 4.69) is 31.3 Å². The van der Waals surface area contributed by atoms with E-state index in [0.29, 0.717) is 11.4 Å². The molecule has 22 heavy (non-hydrogen) atoms. The van der Waals surface area contributed by atoms with Crippen LogP contribution in [0.3, 0.4) is 0 Å². The number of pyridine rings is 1. The van der Waals surface area contributed by atoms with E-state index in [-0.39, 0.29) is 5.91 Å². The third kappa shape index (κ3) is 3.07. The lowest BCUT2D eigenvalue weighted by molar-refractivity contribution is 0.102. The maximum Gasteiger partial charge on any atom is 0.258 e. The van der Waals surface area contributed by atoms with Gasteiger partial charge in [-0.15, -0.1) is 0 Å². The Morgan fingerprint density at radius 1 is 1.23 bits per heavy atom. The van der Waals surface area contributed by atoms with Crippen molar-refractivity contribution in [3.63, 3.8) is 0 Å². The number of anilines is 1. The molecular weight excluding hydrogens is 344 g/mol. The SMILES string of the molecule is Cc1cc(NC(=O)c2cccnc2)n(-c2cccc(Br)c2)n1. The van der Waals surface area contributed by atoms with Crippen molar-refractivity contribution in [3.05, 3.63) is 70.6 Å². The van der Waals surface area contributed by atoms with Crippen molar-refractivity contribution in [1.82, 2.24) is 14.8 Å². The van der Waals surface area contributed by atoms with Crippen LogP contribution in [0.1, 0.15) is 16.1 Å². The number of halogens is 1. The van der Waals surface area contributed by atoms with Crippen LogP contribution in [0, 0.1) is 6.92 Å². The van der Waals surface area contributed by atoms with Crippen LogP contribution in [0.25, 0.3) is 5.69 Å². The van der Waals surface area contributed by atoms with Gasteiger partial charge in [-0.05, 0) is 37.3 Å². The first kappa shape index (κ1) is 14.5. The summed E-state index contributed by atoms with van der Waals surface area (Å²) in [6.45, 7) is 1.88. The number of rotatable bonds is 3. The summed E-state index contributed by atoms with van der Waals surface area (Å²) in [5.74, 6) is 0.397. The molecule has 3 aromatic rings. The summed E-state index contributed by atoms with van der Waals surface area (Å²) < 4.78 is 2.65. The molecule has 6 heteroatoms. The maximum atomic E-state index is 12.3. The highest BCUT2D eigenvalue weighted by atomic mass is 79.9. The Morgan fingerprint density at radius 3 is 2.82 bits per heavy atom. The van der Waals surface area contributed by atoms with Crippen LogP contribution in [0.5, 0.6) is 0 Å². The molecule has 5 nitrogen and oxygen atoms in total. The fourth-order valence-electron chi connectivity index (χ4n) is 2.08.